The van der Waals surface area contributed by atoms with Gasteiger partial charge in [-0.2, -0.15) is 0 Å². The Balaban J connectivity index is 2.17. The van der Waals surface area contributed by atoms with Gasteiger partial charge >= 0.3 is 0 Å². The van der Waals surface area contributed by atoms with Crippen molar-refractivity contribution >= 4 is 6.29 Å². The van der Waals surface area contributed by atoms with E-state index in [1.807, 2.05) is 0 Å². The van der Waals surface area contributed by atoms with Crippen LogP contribution in [0.1, 0.15) is 10.4 Å². The van der Waals surface area contributed by atoms with E-state index in [-0.39, 0.29) is 11.3 Å². The number of ether oxygens (including phenoxy) is 2. The monoisotopic (exact) mass is 284 g/mol. The number of rotatable bonds is 4. The number of carbonyl (C=O) groups excluding carboxylic acids is 1. The molecular formula is C13H16O7. The normalized spacial score (nSPS) is 33.7. The Hall–Kier alpha value is -1.51. The maximum atomic E-state index is 10.9. The van der Waals surface area contributed by atoms with Crippen molar-refractivity contribution in [2.45, 2.75) is 30.7 Å². The average Bonchev–Trinajstić information content (AvgIpc) is 2.48. The first-order valence-electron chi connectivity index (χ1n) is 6.10. The molecule has 110 valence electrons. The predicted molar refractivity (Wildman–Crippen MR) is 66.2 cm³/mol. The molecule has 1 aromatic carbocycles. The predicted octanol–water partition coefficient (Wildman–Crippen LogP) is -1.32. The summed E-state index contributed by atoms with van der Waals surface area (Å²) in [6.45, 7) is -0.542. The summed E-state index contributed by atoms with van der Waals surface area (Å²) < 4.78 is 10.5. The van der Waals surface area contributed by atoms with Crippen LogP contribution in [0.15, 0.2) is 24.3 Å². The smallest absolute Gasteiger partial charge is 0.229 e. The Bertz CT molecular complexity index is 462. The number of aldehydes is 1. The van der Waals surface area contributed by atoms with Crippen LogP contribution in [0.25, 0.3) is 0 Å². The second kappa shape index (κ2) is 6.29. The number of benzene rings is 1. The molecule has 7 nitrogen and oxygen atoms in total. The zero-order valence-electron chi connectivity index (χ0n) is 10.5. The first-order chi connectivity index (χ1) is 9.58. The fraction of sp³-hybridized carbons (Fsp3) is 0.462. The van der Waals surface area contributed by atoms with E-state index in [0.29, 0.717) is 6.29 Å². The molecule has 5 atom stereocenters. The second-order valence-electron chi connectivity index (χ2n) is 4.47. The highest BCUT2D eigenvalue weighted by molar-refractivity contribution is 5.79. The molecule has 1 heterocycles. The maximum Gasteiger partial charge on any atom is 0.229 e. The first kappa shape index (κ1) is 14.9. The van der Waals surface area contributed by atoms with E-state index in [4.69, 9.17) is 14.6 Å². The van der Waals surface area contributed by atoms with Crippen LogP contribution in [0.2, 0.25) is 0 Å². The second-order valence-corrected chi connectivity index (χ2v) is 4.47. The summed E-state index contributed by atoms with van der Waals surface area (Å²) in [5.74, 6) is 0.173. The van der Waals surface area contributed by atoms with Crippen molar-refractivity contribution in [1.29, 1.82) is 0 Å². The summed E-state index contributed by atoms with van der Waals surface area (Å²) in [5, 5.41) is 38.1. The lowest BCUT2D eigenvalue weighted by Crippen LogP contribution is -2.60. The van der Waals surface area contributed by atoms with Crippen molar-refractivity contribution in [3.8, 4) is 5.75 Å². The zero-order valence-corrected chi connectivity index (χ0v) is 10.5. The molecule has 1 aromatic rings. The quantitative estimate of drug-likeness (QED) is 0.507. The third-order valence-corrected chi connectivity index (χ3v) is 3.14. The molecule has 7 heteroatoms. The van der Waals surface area contributed by atoms with Gasteiger partial charge in [0.05, 0.1) is 12.2 Å². The van der Waals surface area contributed by atoms with E-state index in [1.54, 1.807) is 12.1 Å². The van der Waals surface area contributed by atoms with Gasteiger partial charge in [0.2, 0.25) is 6.29 Å². The minimum atomic E-state index is -1.52. The molecule has 1 saturated heterocycles. The van der Waals surface area contributed by atoms with Crippen LogP contribution in [-0.2, 0) is 4.74 Å². The van der Waals surface area contributed by atoms with Crippen LogP contribution < -0.4 is 4.74 Å². The van der Waals surface area contributed by atoms with Gasteiger partial charge in [0.25, 0.3) is 0 Å². The lowest BCUT2D eigenvalue weighted by atomic mass is 9.99. The Morgan fingerprint density at radius 3 is 2.50 bits per heavy atom. The number of para-hydroxylation sites is 1. The lowest BCUT2D eigenvalue weighted by Gasteiger charge is -2.39. The summed E-state index contributed by atoms with van der Waals surface area (Å²) in [6, 6.07) is 6.30. The van der Waals surface area contributed by atoms with Crippen LogP contribution in [0.5, 0.6) is 5.75 Å². The zero-order chi connectivity index (χ0) is 14.7. The summed E-state index contributed by atoms with van der Waals surface area (Å²) in [4.78, 5) is 10.9. The average molecular weight is 284 g/mol. The van der Waals surface area contributed by atoms with Gasteiger partial charge in [0.15, 0.2) is 6.29 Å². The summed E-state index contributed by atoms with van der Waals surface area (Å²) in [7, 11) is 0. The molecule has 1 fully saturated rings. The number of carbonyl (C=O) groups is 1. The molecule has 0 unspecified atom stereocenters. The van der Waals surface area contributed by atoms with Gasteiger partial charge in [0.1, 0.15) is 30.2 Å². The maximum absolute atomic E-state index is 10.9. The van der Waals surface area contributed by atoms with Gasteiger partial charge < -0.3 is 29.9 Å². The highest BCUT2D eigenvalue weighted by Crippen LogP contribution is 2.25. The molecule has 0 saturated carbocycles. The minimum Gasteiger partial charge on any atom is -0.461 e. The van der Waals surface area contributed by atoms with E-state index >= 15 is 0 Å². The van der Waals surface area contributed by atoms with Crippen molar-refractivity contribution in [3.05, 3.63) is 29.8 Å². The number of hydrogen-bond donors (Lipinski definition) is 4. The van der Waals surface area contributed by atoms with Gasteiger partial charge in [-0.25, -0.2) is 0 Å². The summed E-state index contributed by atoms with van der Waals surface area (Å²) in [5.41, 5.74) is 0.254. The minimum absolute atomic E-state index is 0.173. The van der Waals surface area contributed by atoms with Gasteiger partial charge in [-0.1, -0.05) is 12.1 Å². The Kier molecular flexibility index (Phi) is 4.69. The summed E-state index contributed by atoms with van der Waals surface area (Å²) >= 11 is 0. The SMILES string of the molecule is O=Cc1ccccc1O[C@H]1O[C@H](CO)[C@@H](O)[C@H](O)[C@H]1O. The molecule has 0 radical (unpaired) electrons. The van der Waals surface area contributed by atoms with Crippen LogP contribution in [-0.4, -0.2) is 64.0 Å². The van der Waals surface area contributed by atoms with Crippen LogP contribution in [0.3, 0.4) is 0 Å². The highest BCUT2D eigenvalue weighted by atomic mass is 16.7. The molecule has 0 spiro atoms. The number of aliphatic hydroxyl groups is 4. The molecule has 1 aliphatic heterocycles. The fourth-order valence-electron chi connectivity index (χ4n) is 1.98. The molecule has 0 amide bonds. The van der Waals surface area contributed by atoms with Crippen molar-refractivity contribution in [1.82, 2.24) is 0 Å². The standard InChI is InChI=1S/C13H16O7/c14-5-7-3-1-2-4-8(7)19-13-12(18)11(17)10(16)9(6-15)20-13/h1-5,9-13,15-18H,6H2/t9-,10-,11+,12-,13+/m1/s1. The Labute approximate surface area is 115 Å². The van der Waals surface area contributed by atoms with Crippen LogP contribution in [0.4, 0.5) is 0 Å². The van der Waals surface area contributed by atoms with E-state index in [1.165, 1.54) is 12.1 Å². The Morgan fingerprint density at radius 2 is 1.85 bits per heavy atom. The molecule has 20 heavy (non-hydrogen) atoms. The molecule has 0 aliphatic carbocycles. The largest absolute Gasteiger partial charge is 0.461 e. The van der Waals surface area contributed by atoms with E-state index < -0.39 is 37.3 Å². The highest BCUT2D eigenvalue weighted by Gasteiger charge is 2.44. The van der Waals surface area contributed by atoms with E-state index in [9.17, 15) is 20.1 Å². The molecule has 1 aliphatic rings. The van der Waals surface area contributed by atoms with Gasteiger partial charge in [0, 0.05) is 0 Å². The number of hydrogen-bond acceptors (Lipinski definition) is 7. The van der Waals surface area contributed by atoms with E-state index in [2.05, 4.69) is 0 Å². The summed E-state index contributed by atoms with van der Waals surface area (Å²) in [6.07, 6.45) is -6.24. The first-order valence-corrected chi connectivity index (χ1v) is 6.10. The van der Waals surface area contributed by atoms with Gasteiger partial charge in [-0.05, 0) is 12.1 Å². The lowest BCUT2D eigenvalue weighted by molar-refractivity contribution is -0.277. The van der Waals surface area contributed by atoms with Crippen molar-refractivity contribution in [2.75, 3.05) is 6.61 Å². The van der Waals surface area contributed by atoms with Crippen LogP contribution in [0, 0.1) is 0 Å². The van der Waals surface area contributed by atoms with Gasteiger partial charge in [-0.15, -0.1) is 0 Å². The van der Waals surface area contributed by atoms with Gasteiger partial charge in [-0.3, -0.25) is 4.79 Å². The number of aliphatic hydroxyl groups excluding tert-OH is 4. The van der Waals surface area contributed by atoms with Crippen LogP contribution >= 0.6 is 0 Å². The molecule has 0 aromatic heterocycles. The molecular weight excluding hydrogens is 268 g/mol. The van der Waals surface area contributed by atoms with Crippen molar-refractivity contribution < 1.29 is 34.7 Å². The molecule has 0 bridgehead atoms. The third kappa shape index (κ3) is 2.82. The van der Waals surface area contributed by atoms with Crippen molar-refractivity contribution in [2.24, 2.45) is 0 Å². The van der Waals surface area contributed by atoms with E-state index in [0.717, 1.165) is 0 Å². The van der Waals surface area contributed by atoms with Crippen molar-refractivity contribution in [3.63, 3.8) is 0 Å². The third-order valence-electron chi connectivity index (χ3n) is 3.14. The fourth-order valence-corrected chi connectivity index (χ4v) is 1.98. The molecule has 2 rings (SSSR count). The molecule has 4 N–H and O–H groups in total. The Morgan fingerprint density at radius 1 is 1.15 bits per heavy atom. The topological polar surface area (TPSA) is 116 Å².